The highest BCUT2D eigenvalue weighted by Gasteiger charge is 2.33. The van der Waals surface area contributed by atoms with E-state index in [1.54, 1.807) is 0 Å². The molecule has 154 valence electrons. The molecular weight excluding hydrogens is 397 g/mol. The Labute approximate surface area is 161 Å². The number of benzene rings is 2. The number of rotatable bonds is 8. The smallest absolute Gasteiger partial charge is 0.378 e. The standard InChI is InChI=1S/C17H15F3N4O5/c1-10(25)11-2-4-13(15(8-11)23(26)27)21-6-7-22-14-5-3-12(17(18,19)20)9-16(14)24(28)29/h2-5,8-9,21-22H,6-7H2,1H3. The third-order valence-electron chi connectivity index (χ3n) is 3.88. The Morgan fingerprint density at radius 2 is 1.41 bits per heavy atom. The summed E-state index contributed by atoms with van der Waals surface area (Å²) < 4.78 is 38.1. The molecule has 0 saturated heterocycles. The van der Waals surface area contributed by atoms with Gasteiger partial charge in [0.1, 0.15) is 11.4 Å². The number of nitro benzene ring substituents is 2. The number of nitro groups is 2. The summed E-state index contributed by atoms with van der Waals surface area (Å²) in [5, 5.41) is 27.6. The van der Waals surface area contributed by atoms with E-state index >= 15 is 0 Å². The average Bonchev–Trinajstić information content (AvgIpc) is 2.64. The van der Waals surface area contributed by atoms with Crippen LogP contribution < -0.4 is 10.6 Å². The van der Waals surface area contributed by atoms with Crippen molar-refractivity contribution in [1.82, 2.24) is 0 Å². The number of hydrogen-bond donors (Lipinski definition) is 2. The molecule has 2 N–H and O–H groups in total. The second kappa shape index (κ2) is 8.54. The third kappa shape index (κ3) is 5.40. The van der Waals surface area contributed by atoms with Crippen molar-refractivity contribution >= 4 is 28.5 Å². The van der Waals surface area contributed by atoms with Crippen molar-refractivity contribution in [3.8, 4) is 0 Å². The van der Waals surface area contributed by atoms with Crippen LogP contribution in [-0.2, 0) is 6.18 Å². The summed E-state index contributed by atoms with van der Waals surface area (Å²) in [6.45, 7) is 1.36. The van der Waals surface area contributed by atoms with Crippen molar-refractivity contribution in [2.45, 2.75) is 13.1 Å². The molecule has 0 atom stereocenters. The Morgan fingerprint density at radius 3 is 1.86 bits per heavy atom. The molecule has 0 radical (unpaired) electrons. The molecular formula is C17H15F3N4O5. The van der Waals surface area contributed by atoms with Crippen LogP contribution in [0.5, 0.6) is 0 Å². The van der Waals surface area contributed by atoms with Gasteiger partial charge in [-0.1, -0.05) is 0 Å². The Kier molecular flexibility index (Phi) is 6.36. The number of nitrogens with zero attached hydrogens (tertiary/aromatic N) is 2. The fourth-order valence-electron chi connectivity index (χ4n) is 2.45. The van der Waals surface area contributed by atoms with Gasteiger partial charge in [-0.15, -0.1) is 0 Å². The lowest BCUT2D eigenvalue weighted by Gasteiger charge is -2.12. The summed E-state index contributed by atoms with van der Waals surface area (Å²) >= 11 is 0. The number of Topliss-reactive ketones (excluding diaryl/α,β-unsaturated/α-hetero) is 1. The summed E-state index contributed by atoms with van der Waals surface area (Å²) in [6.07, 6.45) is -4.71. The lowest BCUT2D eigenvalue weighted by molar-refractivity contribution is -0.384. The Morgan fingerprint density at radius 1 is 0.931 bits per heavy atom. The lowest BCUT2D eigenvalue weighted by atomic mass is 10.1. The van der Waals surface area contributed by atoms with Crippen LogP contribution in [0.15, 0.2) is 36.4 Å². The van der Waals surface area contributed by atoms with Crippen molar-refractivity contribution in [3.05, 3.63) is 67.8 Å². The van der Waals surface area contributed by atoms with Crippen molar-refractivity contribution in [2.75, 3.05) is 23.7 Å². The van der Waals surface area contributed by atoms with Gasteiger partial charge in [-0.25, -0.2) is 0 Å². The van der Waals surface area contributed by atoms with Gasteiger partial charge in [0.05, 0.1) is 15.4 Å². The summed E-state index contributed by atoms with van der Waals surface area (Å²) in [7, 11) is 0. The molecule has 2 aromatic rings. The summed E-state index contributed by atoms with van der Waals surface area (Å²) in [5.41, 5.74) is -2.03. The van der Waals surface area contributed by atoms with E-state index in [-0.39, 0.29) is 41.5 Å². The fraction of sp³-hybridized carbons (Fsp3) is 0.235. The van der Waals surface area contributed by atoms with Gasteiger partial charge in [-0.05, 0) is 31.2 Å². The van der Waals surface area contributed by atoms with E-state index in [2.05, 4.69) is 10.6 Å². The van der Waals surface area contributed by atoms with E-state index < -0.39 is 27.3 Å². The van der Waals surface area contributed by atoms with Gasteiger partial charge in [0.15, 0.2) is 5.78 Å². The lowest BCUT2D eigenvalue weighted by Crippen LogP contribution is -2.16. The first kappa shape index (κ1) is 21.6. The minimum atomic E-state index is -4.71. The van der Waals surface area contributed by atoms with E-state index in [0.717, 1.165) is 12.1 Å². The molecule has 0 saturated carbocycles. The van der Waals surface area contributed by atoms with E-state index in [1.807, 2.05) is 0 Å². The maximum absolute atomic E-state index is 12.7. The predicted octanol–water partition coefficient (Wildman–Crippen LogP) is 4.25. The zero-order valence-corrected chi connectivity index (χ0v) is 14.9. The molecule has 0 bridgehead atoms. The fourth-order valence-corrected chi connectivity index (χ4v) is 2.45. The number of ketones is 1. The second-order valence-corrected chi connectivity index (χ2v) is 5.89. The molecule has 29 heavy (non-hydrogen) atoms. The van der Waals surface area contributed by atoms with Crippen LogP contribution >= 0.6 is 0 Å². The summed E-state index contributed by atoms with van der Waals surface area (Å²) in [4.78, 5) is 31.9. The zero-order chi connectivity index (χ0) is 21.8. The van der Waals surface area contributed by atoms with Crippen LogP contribution in [0.1, 0.15) is 22.8 Å². The van der Waals surface area contributed by atoms with Gasteiger partial charge < -0.3 is 10.6 Å². The number of nitrogens with one attached hydrogen (secondary N) is 2. The molecule has 0 aromatic heterocycles. The first-order valence-electron chi connectivity index (χ1n) is 8.13. The molecule has 0 unspecified atom stereocenters. The van der Waals surface area contributed by atoms with Crippen LogP contribution in [0.25, 0.3) is 0 Å². The molecule has 0 spiro atoms. The Bertz CT molecular complexity index is 963. The normalized spacial score (nSPS) is 11.0. The number of carbonyl (C=O) groups is 1. The molecule has 0 heterocycles. The highest BCUT2D eigenvalue weighted by molar-refractivity contribution is 5.95. The van der Waals surface area contributed by atoms with E-state index in [9.17, 15) is 38.2 Å². The monoisotopic (exact) mass is 412 g/mol. The number of alkyl halides is 3. The van der Waals surface area contributed by atoms with Gasteiger partial charge in [0.2, 0.25) is 0 Å². The van der Waals surface area contributed by atoms with Gasteiger partial charge >= 0.3 is 6.18 Å². The quantitative estimate of drug-likeness (QED) is 0.287. The van der Waals surface area contributed by atoms with Gasteiger partial charge in [-0.2, -0.15) is 13.2 Å². The first-order chi connectivity index (χ1) is 13.5. The molecule has 0 aliphatic carbocycles. The predicted molar refractivity (Wildman–Crippen MR) is 98.2 cm³/mol. The van der Waals surface area contributed by atoms with E-state index in [4.69, 9.17) is 0 Å². The maximum atomic E-state index is 12.7. The zero-order valence-electron chi connectivity index (χ0n) is 14.9. The molecule has 2 aromatic carbocycles. The Balaban J connectivity index is 2.09. The van der Waals surface area contributed by atoms with Crippen LogP contribution in [0.3, 0.4) is 0 Å². The van der Waals surface area contributed by atoms with Gasteiger partial charge in [0.25, 0.3) is 11.4 Å². The van der Waals surface area contributed by atoms with Gasteiger partial charge in [-0.3, -0.25) is 25.0 Å². The third-order valence-corrected chi connectivity index (χ3v) is 3.88. The molecule has 0 aliphatic heterocycles. The van der Waals surface area contributed by atoms with E-state index in [0.29, 0.717) is 12.1 Å². The van der Waals surface area contributed by atoms with Gasteiger partial charge in [0, 0.05) is 30.8 Å². The molecule has 9 nitrogen and oxygen atoms in total. The molecule has 0 aliphatic rings. The first-order valence-corrected chi connectivity index (χ1v) is 8.13. The minimum Gasteiger partial charge on any atom is -0.378 e. The SMILES string of the molecule is CC(=O)c1ccc(NCCNc2ccc(C(F)(F)F)cc2[N+](=O)[O-])c([N+](=O)[O-])c1. The van der Waals surface area contributed by atoms with Crippen LogP contribution in [0, 0.1) is 20.2 Å². The van der Waals surface area contributed by atoms with Crippen molar-refractivity contribution in [2.24, 2.45) is 0 Å². The average molecular weight is 412 g/mol. The second-order valence-electron chi connectivity index (χ2n) is 5.89. The van der Waals surface area contributed by atoms with Crippen molar-refractivity contribution < 1.29 is 27.8 Å². The highest BCUT2D eigenvalue weighted by Crippen LogP contribution is 2.35. The largest absolute Gasteiger partial charge is 0.416 e. The van der Waals surface area contributed by atoms with Crippen LogP contribution in [-0.4, -0.2) is 28.7 Å². The number of halogens is 3. The topological polar surface area (TPSA) is 127 Å². The van der Waals surface area contributed by atoms with Crippen molar-refractivity contribution in [3.63, 3.8) is 0 Å². The number of anilines is 2. The maximum Gasteiger partial charge on any atom is 0.416 e. The van der Waals surface area contributed by atoms with Crippen molar-refractivity contribution in [1.29, 1.82) is 0 Å². The Hall–Kier alpha value is -3.70. The van der Waals surface area contributed by atoms with Crippen LogP contribution in [0.4, 0.5) is 35.9 Å². The summed E-state index contributed by atoms with van der Waals surface area (Å²) in [6, 6.07) is 5.99. The minimum absolute atomic E-state index is 0.0256. The molecule has 12 heteroatoms. The molecule has 2 rings (SSSR count). The molecule has 0 fully saturated rings. The molecule has 0 amide bonds. The van der Waals surface area contributed by atoms with E-state index in [1.165, 1.54) is 19.1 Å². The number of carbonyl (C=O) groups excluding carboxylic acids is 1. The summed E-state index contributed by atoms with van der Waals surface area (Å²) in [5.74, 6) is -0.337. The highest BCUT2D eigenvalue weighted by atomic mass is 19.4. The van der Waals surface area contributed by atoms with Crippen LogP contribution in [0.2, 0.25) is 0 Å². The number of hydrogen-bond acceptors (Lipinski definition) is 7.